The molecule has 1 aromatic heterocycles. The SMILES string of the molecule is COC(=O)CCOCC(Nc1cn[nH]c(=O)c1C(F)(F)F)C(C)OC. The summed E-state index contributed by atoms with van der Waals surface area (Å²) in [5.74, 6) is -0.470. The zero-order chi connectivity index (χ0) is 19.0. The van der Waals surface area contributed by atoms with Crippen LogP contribution in [0.15, 0.2) is 11.0 Å². The number of methoxy groups -OCH3 is 2. The molecule has 25 heavy (non-hydrogen) atoms. The van der Waals surface area contributed by atoms with E-state index in [1.165, 1.54) is 14.2 Å². The Labute approximate surface area is 141 Å². The average Bonchev–Trinajstić information content (AvgIpc) is 2.55. The summed E-state index contributed by atoms with van der Waals surface area (Å²) in [5.41, 5.74) is -3.22. The fourth-order valence-electron chi connectivity index (χ4n) is 1.92. The smallest absolute Gasteiger partial charge is 0.423 e. The van der Waals surface area contributed by atoms with E-state index in [1.807, 2.05) is 0 Å². The molecule has 1 heterocycles. The molecule has 0 bridgehead atoms. The van der Waals surface area contributed by atoms with Gasteiger partial charge in [-0.1, -0.05) is 0 Å². The van der Waals surface area contributed by atoms with E-state index in [0.717, 1.165) is 6.20 Å². The van der Waals surface area contributed by atoms with Crippen LogP contribution in [0.25, 0.3) is 0 Å². The summed E-state index contributed by atoms with van der Waals surface area (Å²) >= 11 is 0. The average molecular weight is 367 g/mol. The number of nitrogens with zero attached hydrogens (tertiary/aromatic N) is 1. The highest BCUT2D eigenvalue weighted by Crippen LogP contribution is 2.31. The molecular weight excluding hydrogens is 347 g/mol. The van der Waals surface area contributed by atoms with Crippen molar-refractivity contribution in [3.63, 3.8) is 0 Å². The Kier molecular flexibility index (Phi) is 7.84. The normalized spacial score (nSPS) is 14.0. The molecule has 0 fully saturated rings. The van der Waals surface area contributed by atoms with E-state index >= 15 is 0 Å². The number of halogens is 3. The largest absolute Gasteiger partial charge is 0.469 e. The van der Waals surface area contributed by atoms with Crippen molar-refractivity contribution in [1.82, 2.24) is 10.2 Å². The summed E-state index contributed by atoms with van der Waals surface area (Å²) in [5, 5.41) is 7.72. The maximum absolute atomic E-state index is 13.1. The molecule has 2 atom stereocenters. The number of aromatic nitrogens is 2. The van der Waals surface area contributed by atoms with Crippen molar-refractivity contribution in [3.8, 4) is 0 Å². The summed E-state index contributed by atoms with van der Waals surface area (Å²) in [4.78, 5) is 22.5. The Balaban J connectivity index is 2.88. The van der Waals surface area contributed by atoms with Gasteiger partial charge in [-0.2, -0.15) is 18.3 Å². The van der Waals surface area contributed by atoms with Crippen LogP contribution in [-0.4, -0.2) is 55.7 Å². The van der Waals surface area contributed by atoms with Gasteiger partial charge in [-0.05, 0) is 6.92 Å². The van der Waals surface area contributed by atoms with E-state index < -0.39 is 41.1 Å². The molecular formula is C14H20F3N3O5. The van der Waals surface area contributed by atoms with Crippen molar-refractivity contribution in [3.05, 3.63) is 22.1 Å². The number of alkyl halides is 3. The van der Waals surface area contributed by atoms with Crippen LogP contribution in [0.1, 0.15) is 18.9 Å². The number of aromatic amines is 1. The third kappa shape index (κ3) is 6.35. The predicted octanol–water partition coefficient (Wildman–Crippen LogP) is 1.18. The number of esters is 1. The number of H-pyrrole nitrogens is 1. The van der Waals surface area contributed by atoms with E-state index in [4.69, 9.17) is 9.47 Å². The minimum Gasteiger partial charge on any atom is -0.469 e. The van der Waals surface area contributed by atoms with Gasteiger partial charge < -0.3 is 19.5 Å². The minimum atomic E-state index is -4.86. The minimum absolute atomic E-state index is 0.00491. The standard InChI is InChI=1S/C14H20F3N3O5/c1-8(23-2)10(7-25-5-4-11(21)24-3)19-9-6-18-20-13(22)12(9)14(15,16)17/h6,8,10H,4-5,7H2,1-3H3,(H2,19,20,22). The third-order valence-electron chi connectivity index (χ3n) is 3.39. The molecule has 0 spiro atoms. The van der Waals surface area contributed by atoms with E-state index in [0.29, 0.717) is 0 Å². The molecule has 142 valence electrons. The Morgan fingerprint density at radius 1 is 1.40 bits per heavy atom. The lowest BCUT2D eigenvalue weighted by Crippen LogP contribution is -2.39. The van der Waals surface area contributed by atoms with E-state index in [9.17, 15) is 22.8 Å². The van der Waals surface area contributed by atoms with Crippen LogP contribution in [0, 0.1) is 0 Å². The molecule has 0 radical (unpaired) electrons. The van der Waals surface area contributed by atoms with Crippen LogP contribution < -0.4 is 10.9 Å². The molecule has 8 nitrogen and oxygen atoms in total. The van der Waals surface area contributed by atoms with Crippen molar-refractivity contribution in [1.29, 1.82) is 0 Å². The Bertz CT molecular complexity index is 620. The molecule has 0 aromatic carbocycles. The quantitative estimate of drug-likeness (QED) is 0.499. The number of carbonyl (C=O) groups excluding carboxylic acids is 1. The number of carbonyl (C=O) groups is 1. The lowest BCUT2D eigenvalue weighted by atomic mass is 10.1. The number of nitrogens with one attached hydrogen (secondary N) is 2. The first-order valence-corrected chi connectivity index (χ1v) is 7.29. The monoisotopic (exact) mass is 367 g/mol. The van der Waals surface area contributed by atoms with Crippen LogP contribution in [0.2, 0.25) is 0 Å². The third-order valence-corrected chi connectivity index (χ3v) is 3.39. The first kappa shape index (κ1) is 20.9. The Morgan fingerprint density at radius 2 is 2.08 bits per heavy atom. The molecule has 0 amide bonds. The second kappa shape index (κ2) is 9.37. The van der Waals surface area contributed by atoms with Gasteiger partial charge in [0, 0.05) is 7.11 Å². The molecule has 0 saturated carbocycles. The van der Waals surface area contributed by atoms with E-state index in [-0.39, 0.29) is 19.6 Å². The van der Waals surface area contributed by atoms with Crippen LogP contribution in [0.3, 0.4) is 0 Å². The van der Waals surface area contributed by atoms with Gasteiger partial charge in [-0.3, -0.25) is 9.59 Å². The van der Waals surface area contributed by atoms with Crippen molar-refractivity contribution in [2.45, 2.75) is 31.7 Å². The fraction of sp³-hybridized carbons (Fsp3) is 0.643. The van der Waals surface area contributed by atoms with Crippen LogP contribution >= 0.6 is 0 Å². The topological polar surface area (TPSA) is 103 Å². The maximum atomic E-state index is 13.1. The van der Waals surface area contributed by atoms with Gasteiger partial charge in [0.1, 0.15) is 5.56 Å². The summed E-state index contributed by atoms with van der Waals surface area (Å²) in [6.07, 6.45) is -4.52. The summed E-state index contributed by atoms with van der Waals surface area (Å²) in [6.45, 7) is 1.59. The van der Waals surface area contributed by atoms with Crippen LogP contribution in [0.4, 0.5) is 18.9 Å². The highest BCUT2D eigenvalue weighted by atomic mass is 19.4. The van der Waals surface area contributed by atoms with Crippen molar-refractivity contribution in [2.24, 2.45) is 0 Å². The molecule has 0 saturated heterocycles. The van der Waals surface area contributed by atoms with Crippen LogP contribution in [0.5, 0.6) is 0 Å². The number of rotatable bonds is 9. The molecule has 1 rings (SSSR count). The van der Waals surface area contributed by atoms with Crippen molar-refractivity contribution >= 4 is 11.7 Å². The van der Waals surface area contributed by atoms with Gasteiger partial charge in [0.25, 0.3) is 5.56 Å². The van der Waals surface area contributed by atoms with Gasteiger partial charge in [0.2, 0.25) is 0 Å². The molecule has 1 aromatic rings. The number of anilines is 1. The van der Waals surface area contributed by atoms with Gasteiger partial charge >= 0.3 is 12.1 Å². The first-order valence-electron chi connectivity index (χ1n) is 7.29. The summed E-state index contributed by atoms with van der Waals surface area (Å²) in [7, 11) is 2.62. The van der Waals surface area contributed by atoms with Gasteiger partial charge in [0.05, 0.1) is 50.8 Å². The Hall–Kier alpha value is -2.14. The van der Waals surface area contributed by atoms with Crippen LogP contribution in [-0.2, 0) is 25.2 Å². The highest BCUT2D eigenvalue weighted by Gasteiger charge is 2.38. The Morgan fingerprint density at radius 3 is 2.64 bits per heavy atom. The highest BCUT2D eigenvalue weighted by molar-refractivity contribution is 5.69. The lowest BCUT2D eigenvalue weighted by Gasteiger charge is -2.26. The predicted molar refractivity (Wildman–Crippen MR) is 81.2 cm³/mol. The molecule has 0 aliphatic carbocycles. The van der Waals surface area contributed by atoms with Gasteiger partial charge in [-0.15, -0.1) is 0 Å². The van der Waals surface area contributed by atoms with Gasteiger partial charge in [0.15, 0.2) is 0 Å². The molecule has 2 N–H and O–H groups in total. The fourth-order valence-corrected chi connectivity index (χ4v) is 1.92. The zero-order valence-corrected chi connectivity index (χ0v) is 14.0. The van der Waals surface area contributed by atoms with E-state index in [1.54, 1.807) is 12.0 Å². The van der Waals surface area contributed by atoms with Crippen molar-refractivity contribution < 1.29 is 32.2 Å². The first-order chi connectivity index (χ1) is 11.7. The molecule has 0 aliphatic rings. The zero-order valence-electron chi connectivity index (χ0n) is 14.0. The maximum Gasteiger partial charge on any atom is 0.423 e. The van der Waals surface area contributed by atoms with E-state index in [2.05, 4.69) is 15.2 Å². The molecule has 2 unspecified atom stereocenters. The lowest BCUT2D eigenvalue weighted by molar-refractivity contribution is -0.142. The second-order valence-electron chi connectivity index (χ2n) is 5.08. The molecule has 0 aliphatic heterocycles. The summed E-state index contributed by atoms with van der Waals surface area (Å²) < 4.78 is 54.1. The number of hydrogen-bond acceptors (Lipinski definition) is 7. The second-order valence-corrected chi connectivity index (χ2v) is 5.08. The summed E-state index contributed by atoms with van der Waals surface area (Å²) in [6, 6.07) is -0.715. The number of hydrogen-bond donors (Lipinski definition) is 2. The molecule has 11 heteroatoms. The number of ether oxygens (including phenoxy) is 3. The van der Waals surface area contributed by atoms with Crippen molar-refractivity contribution in [2.75, 3.05) is 32.8 Å². The van der Waals surface area contributed by atoms with Gasteiger partial charge in [-0.25, -0.2) is 5.10 Å².